The number of methoxy groups -OCH3 is 1. The van der Waals surface area contributed by atoms with Gasteiger partial charge in [0.2, 0.25) is 0 Å². The number of rotatable bonds is 3. The fourth-order valence-electron chi connectivity index (χ4n) is 1.21. The number of terminal acetylenes is 1. The molecule has 0 saturated heterocycles. The Morgan fingerprint density at radius 2 is 2.29 bits per heavy atom. The van der Waals surface area contributed by atoms with Crippen molar-refractivity contribution >= 4 is 0 Å². The van der Waals surface area contributed by atoms with Gasteiger partial charge in [-0.3, -0.25) is 0 Å². The second kappa shape index (κ2) is 4.64. The van der Waals surface area contributed by atoms with Crippen molar-refractivity contribution in [2.24, 2.45) is 0 Å². The van der Waals surface area contributed by atoms with Crippen molar-refractivity contribution in [3.8, 4) is 18.1 Å². The molecule has 2 nitrogen and oxygen atoms in total. The Hall–Kier alpha value is -1.53. The van der Waals surface area contributed by atoms with Crippen LogP contribution in [-0.4, -0.2) is 14.2 Å². The maximum atomic E-state index is 13.3. The minimum absolute atomic E-state index is 0.223. The molecule has 0 bridgehead atoms. The molecule has 1 aromatic rings. The largest absolute Gasteiger partial charge is 0.494 e. The zero-order valence-corrected chi connectivity index (χ0v) is 8.17. The predicted molar refractivity (Wildman–Crippen MR) is 53.6 cm³/mol. The lowest BCUT2D eigenvalue weighted by Crippen LogP contribution is -2.14. The van der Waals surface area contributed by atoms with Crippen LogP contribution in [0.5, 0.6) is 5.75 Å². The molecule has 0 aliphatic heterocycles. The van der Waals surface area contributed by atoms with E-state index in [0.29, 0.717) is 5.56 Å². The summed E-state index contributed by atoms with van der Waals surface area (Å²) >= 11 is 0. The summed E-state index contributed by atoms with van der Waals surface area (Å²) < 4.78 is 18.1. The summed E-state index contributed by atoms with van der Waals surface area (Å²) in [4.78, 5) is 0. The lowest BCUT2D eigenvalue weighted by atomic mass is 10.1. The standard InChI is InChI=1S/C11H12FNO/c1-4-10(13-2)8-5-6-11(14-3)9(12)7-8/h1,5-7,10,13H,2-3H3. The summed E-state index contributed by atoms with van der Waals surface area (Å²) in [6.07, 6.45) is 5.27. The van der Waals surface area contributed by atoms with Gasteiger partial charge in [-0.05, 0) is 24.7 Å². The molecule has 0 aromatic heterocycles. The van der Waals surface area contributed by atoms with E-state index >= 15 is 0 Å². The molecule has 3 heteroatoms. The van der Waals surface area contributed by atoms with Crippen LogP contribution in [0.1, 0.15) is 11.6 Å². The van der Waals surface area contributed by atoms with Crippen molar-refractivity contribution in [3.63, 3.8) is 0 Å². The molecule has 0 amide bonds. The maximum Gasteiger partial charge on any atom is 0.165 e. The van der Waals surface area contributed by atoms with Crippen molar-refractivity contribution in [1.29, 1.82) is 0 Å². The highest BCUT2D eigenvalue weighted by molar-refractivity contribution is 5.33. The van der Waals surface area contributed by atoms with E-state index in [0.717, 1.165) is 0 Å². The molecule has 1 rings (SSSR count). The highest BCUT2D eigenvalue weighted by Gasteiger charge is 2.09. The van der Waals surface area contributed by atoms with Crippen LogP contribution in [0, 0.1) is 18.2 Å². The molecule has 1 unspecified atom stereocenters. The molecule has 14 heavy (non-hydrogen) atoms. The Balaban J connectivity index is 3.03. The summed E-state index contributed by atoms with van der Waals surface area (Å²) in [5.41, 5.74) is 0.716. The molecule has 0 saturated carbocycles. The Bertz CT molecular complexity index is 357. The van der Waals surface area contributed by atoms with Crippen LogP contribution in [0.3, 0.4) is 0 Å². The van der Waals surface area contributed by atoms with Gasteiger partial charge in [0.05, 0.1) is 13.2 Å². The summed E-state index contributed by atoms with van der Waals surface area (Å²) in [6, 6.07) is 4.41. The van der Waals surface area contributed by atoms with Crippen molar-refractivity contribution < 1.29 is 9.13 Å². The maximum absolute atomic E-state index is 13.3. The Morgan fingerprint density at radius 1 is 1.57 bits per heavy atom. The van der Waals surface area contributed by atoms with E-state index in [2.05, 4.69) is 11.2 Å². The lowest BCUT2D eigenvalue weighted by molar-refractivity contribution is 0.386. The second-order valence-electron chi connectivity index (χ2n) is 2.78. The highest BCUT2D eigenvalue weighted by atomic mass is 19.1. The van der Waals surface area contributed by atoms with Crippen LogP contribution < -0.4 is 10.1 Å². The molecule has 1 atom stereocenters. The molecular formula is C11H12FNO. The monoisotopic (exact) mass is 193 g/mol. The number of ether oxygens (including phenoxy) is 1. The van der Waals surface area contributed by atoms with E-state index in [1.165, 1.54) is 13.2 Å². The predicted octanol–water partition coefficient (Wildman–Crippen LogP) is 1.73. The molecule has 0 radical (unpaired) electrons. The zero-order valence-electron chi connectivity index (χ0n) is 8.17. The van der Waals surface area contributed by atoms with Crippen LogP contribution in [0.2, 0.25) is 0 Å². The third-order valence-corrected chi connectivity index (χ3v) is 1.96. The summed E-state index contributed by atoms with van der Waals surface area (Å²) in [7, 11) is 3.15. The van der Waals surface area contributed by atoms with Crippen LogP contribution in [0.4, 0.5) is 4.39 Å². The van der Waals surface area contributed by atoms with Gasteiger partial charge in [-0.1, -0.05) is 12.0 Å². The van der Waals surface area contributed by atoms with Gasteiger partial charge in [-0.25, -0.2) is 4.39 Å². The van der Waals surface area contributed by atoms with E-state index in [1.54, 1.807) is 19.2 Å². The first-order valence-electron chi connectivity index (χ1n) is 4.19. The van der Waals surface area contributed by atoms with Crippen LogP contribution >= 0.6 is 0 Å². The van der Waals surface area contributed by atoms with E-state index in [1.807, 2.05) is 0 Å². The smallest absolute Gasteiger partial charge is 0.165 e. The fraction of sp³-hybridized carbons (Fsp3) is 0.273. The Labute approximate surface area is 83.1 Å². The van der Waals surface area contributed by atoms with Gasteiger partial charge in [0.1, 0.15) is 0 Å². The normalized spacial score (nSPS) is 11.9. The molecule has 0 heterocycles. The van der Waals surface area contributed by atoms with E-state index in [9.17, 15) is 4.39 Å². The van der Waals surface area contributed by atoms with Crippen molar-refractivity contribution in [2.75, 3.05) is 14.2 Å². The molecule has 1 aromatic carbocycles. The third-order valence-electron chi connectivity index (χ3n) is 1.96. The molecule has 0 aliphatic carbocycles. The number of benzene rings is 1. The van der Waals surface area contributed by atoms with Crippen LogP contribution in [0.25, 0.3) is 0 Å². The van der Waals surface area contributed by atoms with E-state index < -0.39 is 5.82 Å². The molecule has 74 valence electrons. The number of nitrogens with one attached hydrogen (secondary N) is 1. The van der Waals surface area contributed by atoms with Gasteiger partial charge in [-0.2, -0.15) is 0 Å². The molecule has 1 N–H and O–H groups in total. The van der Waals surface area contributed by atoms with Gasteiger partial charge >= 0.3 is 0 Å². The minimum atomic E-state index is -0.402. The fourth-order valence-corrected chi connectivity index (χ4v) is 1.21. The van der Waals surface area contributed by atoms with Gasteiger partial charge < -0.3 is 10.1 Å². The van der Waals surface area contributed by atoms with Crippen molar-refractivity contribution in [3.05, 3.63) is 29.6 Å². The number of halogens is 1. The molecule has 0 spiro atoms. The van der Waals surface area contributed by atoms with Gasteiger partial charge in [-0.15, -0.1) is 6.42 Å². The van der Waals surface area contributed by atoms with Gasteiger partial charge in [0.15, 0.2) is 11.6 Å². The first-order valence-corrected chi connectivity index (χ1v) is 4.19. The van der Waals surface area contributed by atoms with Gasteiger partial charge in [0.25, 0.3) is 0 Å². The molecular weight excluding hydrogens is 181 g/mol. The van der Waals surface area contributed by atoms with Crippen LogP contribution in [-0.2, 0) is 0 Å². The second-order valence-corrected chi connectivity index (χ2v) is 2.78. The highest BCUT2D eigenvalue weighted by Crippen LogP contribution is 2.21. The first-order chi connectivity index (χ1) is 6.72. The number of hydrogen-bond acceptors (Lipinski definition) is 2. The summed E-state index contributed by atoms with van der Waals surface area (Å²) in [5, 5.41) is 2.89. The average molecular weight is 193 g/mol. The van der Waals surface area contributed by atoms with Crippen molar-refractivity contribution in [2.45, 2.75) is 6.04 Å². The summed E-state index contributed by atoms with van der Waals surface area (Å²) in [5.74, 6) is 2.33. The third kappa shape index (κ3) is 2.04. The van der Waals surface area contributed by atoms with E-state index in [4.69, 9.17) is 11.2 Å². The quantitative estimate of drug-likeness (QED) is 0.738. The lowest BCUT2D eigenvalue weighted by Gasteiger charge is -2.10. The van der Waals surface area contributed by atoms with Gasteiger partial charge in [0, 0.05) is 0 Å². The SMILES string of the molecule is C#CC(NC)c1ccc(OC)c(F)c1. The Kier molecular flexibility index (Phi) is 3.49. The van der Waals surface area contributed by atoms with Crippen LogP contribution in [0.15, 0.2) is 18.2 Å². The van der Waals surface area contributed by atoms with E-state index in [-0.39, 0.29) is 11.8 Å². The molecule has 0 aliphatic rings. The Morgan fingerprint density at radius 3 is 2.71 bits per heavy atom. The summed E-state index contributed by atoms with van der Waals surface area (Å²) in [6.45, 7) is 0. The number of hydrogen-bond donors (Lipinski definition) is 1. The zero-order chi connectivity index (χ0) is 10.6. The van der Waals surface area contributed by atoms with Crippen molar-refractivity contribution in [1.82, 2.24) is 5.32 Å². The molecule has 0 fully saturated rings. The average Bonchev–Trinajstić information content (AvgIpc) is 2.20. The minimum Gasteiger partial charge on any atom is -0.494 e. The first kappa shape index (κ1) is 10.6. The topological polar surface area (TPSA) is 21.3 Å².